The zero-order valence-electron chi connectivity index (χ0n) is 18.2. The van der Waals surface area contributed by atoms with Crippen molar-refractivity contribution in [3.8, 4) is 5.75 Å². The minimum Gasteiger partial charge on any atom is -0.485 e. The molecule has 1 aliphatic heterocycles. The van der Waals surface area contributed by atoms with Crippen LogP contribution in [0.3, 0.4) is 0 Å². The summed E-state index contributed by atoms with van der Waals surface area (Å²) in [5.41, 5.74) is 5.88. The maximum absolute atomic E-state index is 6.17. The van der Waals surface area contributed by atoms with E-state index >= 15 is 0 Å². The van der Waals surface area contributed by atoms with Gasteiger partial charge < -0.3 is 4.74 Å². The van der Waals surface area contributed by atoms with Gasteiger partial charge in [-0.2, -0.15) is 9.78 Å². The summed E-state index contributed by atoms with van der Waals surface area (Å²) in [6.07, 6.45) is 0. The second kappa shape index (κ2) is 8.64. The van der Waals surface area contributed by atoms with Crippen LogP contribution in [0.1, 0.15) is 67.6 Å². The molecule has 0 spiro atoms. The van der Waals surface area contributed by atoms with Gasteiger partial charge in [-0.05, 0) is 47.1 Å². The lowest BCUT2D eigenvalue weighted by Crippen LogP contribution is -2.15. The van der Waals surface area contributed by atoms with Gasteiger partial charge in [0.05, 0.1) is 5.71 Å². The smallest absolute Gasteiger partial charge is 0.212 e. The van der Waals surface area contributed by atoms with Gasteiger partial charge in [-0.3, -0.25) is 0 Å². The van der Waals surface area contributed by atoms with E-state index in [0.717, 1.165) is 27.9 Å². The Morgan fingerprint density at radius 1 is 1.00 bits per heavy atom. The van der Waals surface area contributed by atoms with E-state index in [0.29, 0.717) is 24.3 Å². The molecule has 4 rings (SSSR count). The summed E-state index contributed by atoms with van der Waals surface area (Å²) in [6, 6.07) is 15.0. The van der Waals surface area contributed by atoms with Gasteiger partial charge in [0.25, 0.3) is 0 Å². The van der Waals surface area contributed by atoms with Crippen molar-refractivity contribution in [3.05, 3.63) is 70.5 Å². The SMILES string of the molecule is Cc1ccc(C(C)C)c(OCc2nnc3n2N=C(c2ccc(C(C)C)cc2)CS3)c1. The van der Waals surface area contributed by atoms with E-state index in [4.69, 9.17) is 9.84 Å². The van der Waals surface area contributed by atoms with Gasteiger partial charge in [0.1, 0.15) is 12.4 Å². The maximum Gasteiger partial charge on any atom is 0.212 e. The lowest BCUT2D eigenvalue weighted by atomic mass is 10.0. The number of aromatic nitrogens is 3. The van der Waals surface area contributed by atoms with Crippen molar-refractivity contribution in [1.29, 1.82) is 0 Å². The zero-order chi connectivity index (χ0) is 21.3. The van der Waals surface area contributed by atoms with Crippen LogP contribution < -0.4 is 4.74 Å². The lowest BCUT2D eigenvalue weighted by Gasteiger charge is -2.16. The molecule has 1 aliphatic rings. The third-order valence-electron chi connectivity index (χ3n) is 5.29. The fraction of sp³-hybridized carbons (Fsp3) is 0.375. The molecule has 0 saturated carbocycles. The summed E-state index contributed by atoms with van der Waals surface area (Å²) in [4.78, 5) is 0. The van der Waals surface area contributed by atoms with Crippen LogP contribution in [0.25, 0.3) is 0 Å². The molecule has 0 radical (unpaired) electrons. The molecule has 2 heterocycles. The number of benzene rings is 2. The summed E-state index contributed by atoms with van der Waals surface area (Å²) < 4.78 is 8.00. The first-order chi connectivity index (χ1) is 14.4. The molecule has 3 aromatic rings. The molecule has 0 N–H and O–H groups in total. The Morgan fingerprint density at radius 2 is 1.77 bits per heavy atom. The van der Waals surface area contributed by atoms with Crippen molar-refractivity contribution in [3.63, 3.8) is 0 Å². The number of fused-ring (bicyclic) bond motifs is 1. The van der Waals surface area contributed by atoms with E-state index in [9.17, 15) is 0 Å². The second-order valence-electron chi connectivity index (χ2n) is 8.31. The van der Waals surface area contributed by atoms with Gasteiger partial charge in [-0.15, -0.1) is 10.2 Å². The molecule has 0 fully saturated rings. The molecular weight excluding hydrogens is 392 g/mol. The number of thioether (sulfide) groups is 1. The number of rotatable bonds is 6. The van der Waals surface area contributed by atoms with Crippen LogP contribution in [0, 0.1) is 6.92 Å². The Morgan fingerprint density at radius 3 is 2.47 bits per heavy atom. The van der Waals surface area contributed by atoms with Crippen LogP contribution >= 0.6 is 11.8 Å². The van der Waals surface area contributed by atoms with Crippen molar-refractivity contribution in [1.82, 2.24) is 14.9 Å². The van der Waals surface area contributed by atoms with E-state index in [1.54, 1.807) is 11.8 Å². The second-order valence-corrected chi connectivity index (χ2v) is 9.25. The van der Waals surface area contributed by atoms with E-state index < -0.39 is 0 Å². The molecule has 0 bridgehead atoms. The lowest BCUT2D eigenvalue weighted by molar-refractivity contribution is 0.285. The number of hydrogen-bond donors (Lipinski definition) is 0. The first-order valence-electron chi connectivity index (χ1n) is 10.4. The highest BCUT2D eigenvalue weighted by Gasteiger charge is 2.20. The number of aryl methyl sites for hydroxylation is 1. The molecule has 0 aliphatic carbocycles. The molecule has 30 heavy (non-hydrogen) atoms. The average molecular weight is 421 g/mol. The van der Waals surface area contributed by atoms with E-state index in [1.807, 2.05) is 4.68 Å². The molecule has 0 unspecified atom stereocenters. The fourth-order valence-corrected chi connectivity index (χ4v) is 4.30. The summed E-state index contributed by atoms with van der Waals surface area (Å²) in [5, 5.41) is 14.3. The fourth-order valence-electron chi connectivity index (χ4n) is 3.45. The van der Waals surface area contributed by atoms with Gasteiger partial charge in [0.15, 0.2) is 5.82 Å². The topological polar surface area (TPSA) is 52.3 Å². The molecule has 0 atom stereocenters. The Kier molecular flexibility index (Phi) is 5.95. The zero-order valence-corrected chi connectivity index (χ0v) is 19.0. The number of hydrogen-bond acceptors (Lipinski definition) is 5. The highest BCUT2D eigenvalue weighted by atomic mass is 32.2. The van der Waals surface area contributed by atoms with Gasteiger partial charge in [-0.1, -0.05) is 75.9 Å². The van der Waals surface area contributed by atoms with E-state index in [2.05, 4.69) is 87.3 Å². The summed E-state index contributed by atoms with van der Waals surface area (Å²) in [5.74, 6) is 3.31. The van der Waals surface area contributed by atoms with E-state index in [-0.39, 0.29) is 0 Å². The van der Waals surface area contributed by atoms with Crippen molar-refractivity contribution in [2.24, 2.45) is 5.10 Å². The summed E-state index contributed by atoms with van der Waals surface area (Å²) >= 11 is 1.66. The quantitative estimate of drug-likeness (QED) is 0.508. The van der Waals surface area contributed by atoms with Crippen LogP contribution in [0.2, 0.25) is 0 Å². The molecule has 2 aromatic carbocycles. The Balaban J connectivity index is 1.57. The van der Waals surface area contributed by atoms with Gasteiger partial charge in [0.2, 0.25) is 5.16 Å². The molecule has 0 amide bonds. The normalized spacial score (nSPS) is 13.5. The third kappa shape index (κ3) is 4.29. The summed E-state index contributed by atoms with van der Waals surface area (Å²) in [6.45, 7) is 11.2. The first kappa shape index (κ1) is 20.7. The van der Waals surface area contributed by atoms with Crippen molar-refractivity contribution >= 4 is 17.5 Å². The minimum absolute atomic E-state index is 0.333. The molecule has 156 valence electrons. The molecular formula is C24H28N4OS. The minimum atomic E-state index is 0.333. The maximum atomic E-state index is 6.17. The van der Waals surface area contributed by atoms with Gasteiger partial charge in [-0.25, -0.2) is 0 Å². The highest BCUT2D eigenvalue weighted by Crippen LogP contribution is 2.29. The highest BCUT2D eigenvalue weighted by molar-refractivity contribution is 7.99. The van der Waals surface area contributed by atoms with Crippen LogP contribution in [-0.2, 0) is 6.61 Å². The first-order valence-corrected chi connectivity index (χ1v) is 11.4. The molecule has 1 aromatic heterocycles. The van der Waals surface area contributed by atoms with Crippen LogP contribution in [0.15, 0.2) is 52.7 Å². The van der Waals surface area contributed by atoms with E-state index in [1.165, 1.54) is 16.7 Å². The molecule has 6 heteroatoms. The predicted octanol–water partition coefficient (Wildman–Crippen LogP) is 5.77. The Bertz CT molecular complexity index is 1070. The summed E-state index contributed by atoms with van der Waals surface area (Å²) in [7, 11) is 0. The molecule has 5 nitrogen and oxygen atoms in total. The largest absolute Gasteiger partial charge is 0.485 e. The van der Waals surface area contributed by atoms with Gasteiger partial charge >= 0.3 is 0 Å². The Hall–Kier alpha value is -2.60. The van der Waals surface area contributed by atoms with Crippen LogP contribution in [0.5, 0.6) is 5.75 Å². The Labute approximate surface area is 182 Å². The molecule has 0 saturated heterocycles. The predicted molar refractivity (Wildman–Crippen MR) is 123 cm³/mol. The van der Waals surface area contributed by atoms with Crippen LogP contribution in [-0.4, -0.2) is 26.3 Å². The van der Waals surface area contributed by atoms with Crippen molar-refractivity contribution in [2.75, 3.05) is 5.75 Å². The standard InChI is InChI=1S/C24H28N4OS/c1-15(2)18-7-9-19(10-8-18)21-14-30-24-26-25-23(28(24)27-21)13-29-22-12-17(5)6-11-20(22)16(3)4/h6-12,15-16H,13-14H2,1-5H3. The third-order valence-corrected chi connectivity index (χ3v) is 6.22. The van der Waals surface area contributed by atoms with Crippen LogP contribution in [0.4, 0.5) is 0 Å². The monoisotopic (exact) mass is 420 g/mol. The van der Waals surface area contributed by atoms with Gasteiger partial charge in [0, 0.05) is 5.75 Å². The number of ether oxygens (including phenoxy) is 1. The van der Waals surface area contributed by atoms with Crippen molar-refractivity contribution < 1.29 is 4.74 Å². The number of nitrogens with zero attached hydrogens (tertiary/aromatic N) is 4. The average Bonchev–Trinajstić information content (AvgIpc) is 3.14. The van der Waals surface area contributed by atoms with Crippen molar-refractivity contribution in [2.45, 2.75) is 58.2 Å².